The van der Waals surface area contributed by atoms with Crippen molar-refractivity contribution in [2.24, 2.45) is 5.41 Å². The lowest BCUT2D eigenvalue weighted by Crippen LogP contribution is -2.28. The van der Waals surface area contributed by atoms with Gasteiger partial charge in [-0.3, -0.25) is 0 Å². The van der Waals surface area contributed by atoms with Crippen LogP contribution < -0.4 is 0 Å². The Morgan fingerprint density at radius 2 is 2.11 bits per heavy atom. The summed E-state index contributed by atoms with van der Waals surface area (Å²) in [5.41, 5.74) is 0.918. The fraction of sp³-hybridized carbons (Fsp3) is 0.667. The van der Waals surface area contributed by atoms with Gasteiger partial charge in [0.2, 0.25) is 0 Å². The molecule has 0 aromatic rings. The van der Waals surface area contributed by atoms with Gasteiger partial charge in [0.15, 0.2) is 0 Å². The lowest BCUT2D eigenvalue weighted by Gasteiger charge is -2.30. The summed E-state index contributed by atoms with van der Waals surface area (Å²) in [5, 5.41) is 0. The Balaban J connectivity index is 2.95. The van der Waals surface area contributed by atoms with E-state index in [1.165, 1.54) is 13.2 Å². The number of hydrogen-bond donors (Lipinski definition) is 0. The minimum Gasteiger partial charge on any atom is -0.483 e. The highest BCUT2D eigenvalue weighted by atomic mass is 16.5. The van der Waals surface area contributed by atoms with Crippen molar-refractivity contribution in [1.29, 1.82) is 0 Å². The molecule has 0 saturated heterocycles. The molecule has 1 atom stereocenters. The number of hydrogen-bond acceptors (Lipinski definition) is 3. The maximum absolute atomic E-state index is 11.3. The molecule has 1 rings (SSSR count). The van der Waals surface area contributed by atoms with E-state index >= 15 is 0 Å². The zero-order chi connectivity index (χ0) is 14.0. The Hall–Kier alpha value is -1.25. The molecule has 3 nitrogen and oxygen atoms in total. The molecule has 18 heavy (non-hydrogen) atoms. The third kappa shape index (κ3) is 3.90. The normalized spacial score (nSPS) is 25.9. The minimum atomic E-state index is -0.371. The van der Waals surface area contributed by atoms with E-state index in [9.17, 15) is 4.79 Å². The second kappa shape index (κ2) is 5.17. The minimum absolute atomic E-state index is 0.171. The molecule has 3 heteroatoms. The second-order valence-corrected chi connectivity index (χ2v) is 6.21. The van der Waals surface area contributed by atoms with Crippen molar-refractivity contribution >= 4 is 5.97 Å². The fourth-order valence-corrected chi connectivity index (χ4v) is 2.49. The first kappa shape index (κ1) is 14.8. The molecule has 1 unspecified atom stereocenters. The van der Waals surface area contributed by atoms with E-state index in [4.69, 9.17) is 4.74 Å². The summed E-state index contributed by atoms with van der Waals surface area (Å²) in [7, 11) is 1.37. The summed E-state index contributed by atoms with van der Waals surface area (Å²) in [6.07, 6.45) is 5.32. The Bertz CT molecular complexity index is 385. The smallest absolute Gasteiger partial charge is 0.334 e. The van der Waals surface area contributed by atoms with Crippen LogP contribution in [0.1, 0.15) is 47.5 Å². The first-order valence-electron chi connectivity index (χ1n) is 6.40. The molecule has 1 heterocycles. The molecule has 0 saturated carbocycles. The summed E-state index contributed by atoms with van der Waals surface area (Å²) < 4.78 is 10.6. The van der Waals surface area contributed by atoms with Gasteiger partial charge in [-0.1, -0.05) is 27.7 Å². The monoisotopic (exact) mass is 252 g/mol. The van der Waals surface area contributed by atoms with E-state index in [0.29, 0.717) is 5.76 Å². The molecule has 0 aromatic carbocycles. The van der Waals surface area contributed by atoms with Crippen LogP contribution in [0.4, 0.5) is 0 Å². The van der Waals surface area contributed by atoms with Crippen LogP contribution in [0.15, 0.2) is 23.5 Å². The van der Waals surface area contributed by atoms with Crippen LogP contribution in [0.2, 0.25) is 0 Å². The van der Waals surface area contributed by atoms with Gasteiger partial charge in [-0.2, -0.15) is 0 Å². The van der Waals surface area contributed by atoms with E-state index in [2.05, 4.69) is 45.4 Å². The largest absolute Gasteiger partial charge is 0.483 e. The molecular weight excluding hydrogens is 228 g/mol. The first-order chi connectivity index (χ1) is 8.19. The van der Waals surface area contributed by atoms with Crippen LogP contribution in [0, 0.1) is 5.41 Å². The van der Waals surface area contributed by atoms with Gasteiger partial charge in [0.25, 0.3) is 0 Å². The van der Waals surface area contributed by atoms with Gasteiger partial charge in [-0.25, -0.2) is 4.79 Å². The van der Waals surface area contributed by atoms with Gasteiger partial charge >= 0.3 is 5.97 Å². The third-order valence-corrected chi connectivity index (χ3v) is 2.85. The van der Waals surface area contributed by atoms with E-state index in [0.717, 1.165) is 18.4 Å². The van der Waals surface area contributed by atoms with Gasteiger partial charge in [-0.15, -0.1) is 0 Å². The Morgan fingerprint density at radius 1 is 1.50 bits per heavy atom. The molecule has 0 aliphatic carbocycles. The highest BCUT2D eigenvalue weighted by Gasteiger charge is 2.36. The van der Waals surface area contributed by atoms with Crippen molar-refractivity contribution in [3.63, 3.8) is 0 Å². The van der Waals surface area contributed by atoms with E-state index in [-0.39, 0.29) is 17.0 Å². The number of allylic oxidation sites excluding steroid dienone is 1. The fourth-order valence-electron chi connectivity index (χ4n) is 2.49. The molecule has 0 radical (unpaired) electrons. The van der Waals surface area contributed by atoms with Crippen molar-refractivity contribution in [1.82, 2.24) is 0 Å². The lowest BCUT2D eigenvalue weighted by molar-refractivity contribution is -0.135. The average molecular weight is 252 g/mol. The topological polar surface area (TPSA) is 35.5 Å². The maximum atomic E-state index is 11.3. The number of rotatable bonds is 3. The lowest BCUT2D eigenvalue weighted by atomic mass is 9.82. The van der Waals surface area contributed by atoms with Crippen molar-refractivity contribution in [2.75, 3.05) is 7.11 Å². The molecule has 0 amide bonds. The van der Waals surface area contributed by atoms with Crippen molar-refractivity contribution < 1.29 is 14.3 Å². The Labute approximate surface area is 110 Å². The second-order valence-electron chi connectivity index (χ2n) is 6.21. The van der Waals surface area contributed by atoms with Gasteiger partial charge in [-0.05, 0) is 36.8 Å². The standard InChI is InChI=1S/C15H24O3/c1-7-11-9-15(5,10-14(2,3)4)18-12(11)8-13(16)17-6/h8-9H,7,10H2,1-6H3/b12-8-. The zero-order valence-corrected chi connectivity index (χ0v) is 12.3. The average Bonchev–Trinajstić information content (AvgIpc) is 2.51. The number of esters is 1. The van der Waals surface area contributed by atoms with Crippen LogP contribution >= 0.6 is 0 Å². The quantitative estimate of drug-likeness (QED) is 0.568. The van der Waals surface area contributed by atoms with Gasteiger partial charge in [0.05, 0.1) is 13.2 Å². The van der Waals surface area contributed by atoms with Crippen LogP contribution in [0.3, 0.4) is 0 Å². The van der Waals surface area contributed by atoms with Crippen LogP contribution in [-0.4, -0.2) is 18.7 Å². The molecule has 1 aliphatic heterocycles. The Morgan fingerprint density at radius 3 is 2.56 bits per heavy atom. The summed E-state index contributed by atoms with van der Waals surface area (Å²) >= 11 is 0. The van der Waals surface area contributed by atoms with Crippen molar-refractivity contribution in [3.8, 4) is 0 Å². The van der Waals surface area contributed by atoms with Gasteiger partial charge in [0, 0.05) is 0 Å². The van der Waals surface area contributed by atoms with E-state index in [1.54, 1.807) is 0 Å². The molecule has 0 bridgehead atoms. The predicted octanol–water partition coefficient (Wildman–Crippen LogP) is 3.60. The summed E-state index contributed by atoms with van der Waals surface area (Å²) in [5.74, 6) is 0.278. The van der Waals surface area contributed by atoms with Crippen LogP contribution in [0.25, 0.3) is 0 Å². The van der Waals surface area contributed by atoms with Crippen molar-refractivity contribution in [2.45, 2.75) is 53.1 Å². The highest BCUT2D eigenvalue weighted by molar-refractivity contribution is 5.83. The molecule has 0 N–H and O–H groups in total. The maximum Gasteiger partial charge on any atom is 0.334 e. The summed E-state index contributed by atoms with van der Waals surface area (Å²) in [4.78, 5) is 11.3. The third-order valence-electron chi connectivity index (χ3n) is 2.85. The SMILES string of the molecule is CCC1=CC(C)(CC(C)(C)C)O/C1=C\C(=O)OC. The molecule has 0 aromatic heterocycles. The van der Waals surface area contributed by atoms with E-state index in [1.807, 2.05) is 0 Å². The van der Waals surface area contributed by atoms with Gasteiger partial charge in [0.1, 0.15) is 11.4 Å². The predicted molar refractivity (Wildman–Crippen MR) is 72.0 cm³/mol. The van der Waals surface area contributed by atoms with Crippen molar-refractivity contribution in [3.05, 3.63) is 23.5 Å². The van der Waals surface area contributed by atoms with Crippen LogP contribution in [-0.2, 0) is 14.3 Å². The molecule has 0 spiro atoms. The van der Waals surface area contributed by atoms with Crippen LogP contribution in [0.5, 0.6) is 0 Å². The summed E-state index contributed by atoms with van der Waals surface area (Å²) in [6.45, 7) is 10.7. The first-order valence-corrected chi connectivity index (χ1v) is 6.40. The number of ether oxygens (including phenoxy) is 2. The van der Waals surface area contributed by atoms with Gasteiger partial charge < -0.3 is 9.47 Å². The molecular formula is C15H24O3. The number of methoxy groups -OCH3 is 1. The Kier molecular flexibility index (Phi) is 4.25. The summed E-state index contributed by atoms with van der Waals surface area (Å²) in [6, 6.07) is 0. The number of carbonyl (C=O) groups excluding carboxylic acids is 1. The van der Waals surface area contributed by atoms with E-state index < -0.39 is 0 Å². The highest BCUT2D eigenvalue weighted by Crippen LogP contribution is 2.40. The molecule has 102 valence electrons. The molecule has 1 aliphatic rings. The zero-order valence-electron chi connectivity index (χ0n) is 12.3. The molecule has 0 fully saturated rings. The number of carbonyl (C=O) groups is 1.